The second kappa shape index (κ2) is 2.67. The first-order valence-electron chi connectivity index (χ1n) is 3.63. The molecule has 1 fully saturated rings. The number of β-amino-alcohol motifs (C(OH)–C–C–N with tert-alkyl or cyclic N) is 1. The molecule has 1 aliphatic carbocycles. The van der Waals surface area contributed by atoms with E-state index in [0.717, 1.165) is 6.54 Å². The van der Waals surface area contributed by atoms with Crippen LogP contribution < -0.4 is 5.32 Å². The lowest BCUT2D eigenvalue weighted by atomic mass is 9.78. The molecular formula is C7H15NO. The van der Waals surface area contributed by atoms with Crippen LogP contribution in [0.5, 0.6) is 0 Å². The van der Waals surface area contributed by atoms with Gasteiger partial charge in [-0.1, -0.05) is 0 Å². The SMILES string of the molecule is CC1(NCCO)CCC1. The molecule has 0 heterocycles. The summed E-state index contributed by atoms with van der Waals surface area (Å²) in [6.07, 6.45) is 3.88. The molecule has 0 bridgehead atoms. The van der Waals surface area contributed by atoms with Gasteiger partial charge in [0.1, 0.15) is 0 Å². The molecule has 0 saturated heterocycles. The van der Waals surface area contributed by atoms with Gasteiger partial charge in [-0.3, -0.25) is 0 Å². The first-order valence-corrected chi connectivity index (χ1v) is 3.63. The Balaban J connectivity index is 2.09. The van der Waals surface area contributed by atoms with Crippen LogP contribution in [0, 0.1) is 0 Å². The summed E-state index contributed by atoms with van der Waals surface area (Å²) in [4.78, 5) is 0. The van der Waals surface area contributed by atoms with Crippen molar-refractivity contribution in [2.24, 2.45) is 0 Å². The van der Waals surface area contributed by atoms with Crippen molar-refractivity contribution in [3.63, 3.8) is 0 Å². The zero-order valence-corrected chi connectivity index (χ0v) is 5.98. The Labute approximate surface area is 56.3 Å². The van der Waals surface area contributed by atoms with Crippen LogP contribution in [0.15, 0.2) is 0 Å². The van der Waals surface area contributed by atoms with Crippen molar-refractivity contribution in [2.45, 2.75) is 31.7 Å². The Bertz CT molecular complexity index is 88.9. The van der Waals surface area contributed by atoms with E-state index in [-0.39, 0.29) is 6.61 Å². The van der Waals surface area contributed by atoms with E-state index in [1.807, 2.05) is 0 Å². The lowest BCUT2D eigenvalue weighted by Crippen LogP contribution is -2.49. The van der Waals surface area contributed by atoms with Crippen LogP contribution in [0.25, 0.3) is 0 Å². The molecule has 2 N–H and O–H groups in total. The second-order valence-corrected chi connectivity index (χ2v) is 3.06. The van der Waals surface area contributed by atoms with Crippen LogP contribution in [0.4, 0.5) is 0 Å². The monoisotopic (exact) mass is 129 g/mol. The molecule has 2 nitrogen and oxygen atoms in total. The second-order valence-electron chi connectivity index (χ2n) is 3.06. The highest BCUT2D eigenvalue weighted by Crippen LogP contribution is 2.30. The van der Waals surface area contributed by atoms with E-state index < -0.39 is 0 Å². The normalized spacial score (nSPS) is 23.3. The van der Waals surface area contributed by atoms with Crippen LogP contribution >= 0.6 is 0 Å². The molecular weight excluding hydrogens is 114 g/mol. The number of hydrogen-bond donors (Lipinski definition) is 2. The maximum Gasteiger partial charge on any atom is 0.0556 e. The van der Waals surface area contributed by atoms with Crippen molar-refractivity contribution in [3.8, 4) is 0 Å². The summed E-state index contributed by atoms with van der Waals surface area (Å²) in [5.74, 6) is 0. The van der Waals surface area contributed by atoms with Gasteiger partial charge < -0.3 is 10.4 Å². The molecule has 1 saturated carbocycles. The highest BCUT2D eigenvalue weighted by Gasteiger charge is 2.30. The third kappa shape index (κ3) is 1.66. The fourth-order valence-electron chi connectivity index (χ4n) is 1.24. The van der Waals surface area contributed by atoms with Gasteiger partial charge >= 0.3 is 0 Å². The van der Waals surface area contributed by atoms with E-state index in [4.69, 9.17) is 5.11 Å². The number of hydrogen-bond acceptors (Lipinski definition) is 2. The molecule has 0 unspecified atom stereocenters. The van der Waals surface area contributed by atoms with Crippen molar-refractivity contribution in [2.75, 3.05) is 13.2 Å². The van der Waals surface area contributed by atoms with Crippen LogP contribution in [0.3, 0.4) is 0 Å². The van der Waals surface area contributed by atoms with E-state index in [2.05, 4.69) is 12.2 Å². The minimum Gasteiger partial charge on any atom is -0.395 e. The predicted octanol–water partition coefficient (Wildman–Crippen LogP) is 0.511. The van der Waals surface area contributed by atoms with Gasteiger partial charge in [-0.2, -0.15) is 0 Å². The van der Waals surface area contributed by atoms with Gasteiger partial charge in [0.25, 0.3) is 0 Å². The molecule has 0 spiro atoms. The molecule has 0 amide bonds. The van der Waals surface area contributed by atoms with E-state index in [9.17, 15) is 0 Å². The largest absolute Gasteiger partial charge is 0.395 e. The van der Waals surface area contributed by atoms with Crippen molar-refractivity contribution in [1.82, 2.24) is 5.32 Å². The fraction of sp³-hybridized carbons (Fsp3) is 1.00. The van der Waals surface area contributed by atoms with Crippen LogP contribution in [-0.2, 0) is 0 Å². The van der Waals surface area contributed by atoms with E-state index >= 15 is 0 Å². The van der Waals surface area contributed by atoms with Crippen molar-refractivity contribution in [1.29, 1.82) is 0 Å². The van der Waals surface area contributed by atoms with Crippen LogP contribution in [-0.4, -0.2) is 23.8 Å². The summed E-state index contributed by atoms with van der Waals surface area (Å²) >= 11 is 0. The summed E-state index contributed by atoms with van der Waals surface area (Å²) in [6, 6.07) is 0. The zero-order valence-electron chi connectivity index (χ0n) is 5.98. The molecule has 9 heavy (non-hydrogen) atoms. The van der Waals surface area contributed by atoms with Gasteiger partial charge in [0.2, 0.25) is 0 Å². The fourth-order valence-corrected chi connectivity index (χ4v) is 1.24. The average Bonchev–Trinajstić information content (AvgIpc) is 1.79. The van der Waals surface area contributed by atoms with E-state index in [1.165, 1.54) is 19.3 Å². The van der Waals surface area contributed by atoms with Gasteiger partial charge in [0.05, 0.1) is 6.61 Å². The van der Waals surface area contributed by atoms with Crippen molar-refractivity contribution >= 4 is 0 Å². The Morgan fingerprint density at radius 1 is 1.56 bits per heavy atom. The van der Waals surface area contributed by atoms with E-state index in [1.54, 1.807) is 0 Å². The Hall–Kier alpha value is -0.0800. The Morgan fingerprint density at radius 3 is 2.56 bits per heavy atom. The maximum atomic E-state index is 8.49. The molecule has 0 radical (unpaired) electrons. The first-order chi connectivity index (χ1) is 4.27. The number of nitrogens with one attached hydrogen (secondary N) is 1. The van der Waals surface area contributed by atoms with E-state index in [0.29, 0.717) is 5.54 Å². The summed E-state index contributed by atoms with van der Waals surface area (Å²) in [7, 11) is 0. The molecule has 0 aromatic heterocycles. The molecule has 1 aliphatic rings. The number of aliphatic hydroxyl groups excluding tert-OH is 1. The van der Waals surface area contributed by atoms with Crippen LogP contribution in [0.2, 0.25) is 0 Å². The van der Waals surface area contributed by atoms with Gasteiger partial charge in [0, 0.05) is 12.1 Å². The van der Waals surface area contributed by atoms with Gasteiger partial charge in [-0.15, -0.1) is 0 Å². The molecule has 0 atom stereocenters. The summed E-state index contributed by atoms with van der Waals surface area (Å²) in [5.41, 5.74) is 0.364. The lowest BCUT2D eigenvalue weighted by Gasteiger charge is -2.39. The van der Waals surface area contributed by atoms with Gasteiger partial charge in [-0.25, -0.2) is 0 Å². The zero-order chi connectivity index (χ0) is 6.74. The molecule has 0 aromatic carbocycles. The predicted molar refractivity (Wildman–Crippen MR) is 37.3 cm³/mol. The average molecular weight is 129 g/mol. The standard InChI is InChI=1S/C7H15NO/c1-7(3-2-4-7)8-5-6-9/h8-9H,2-6H2,1H3. The van der Waals surface area contributed by atoms with Crippen molar-refractivity contribution in [3.05, 3.63) is 0 Å². The topological polar surface area (TPSA) is 32.3 Å². The molecule has 2 heteroatoms. The molecule has 0 aliphatic heterocycles. The quantitative estimate of drug-likeness (QED) is 0.582. The number of rotatable bonds is 3. The smallest absolute Gasteiger partial charge is 0.0556 e. The molecule has 1 rings (SSSR count). The van der Waals surface area contributed by atoms with Gasteiger partial charge in [-0.05, 0) is 26.2 Å². The summed E-state index contributed by atoms with van der Waals surface area (Å²) in [5, 5.41) is 11.8. The van der Waals surface area contributed by atoms with Crippen LogP contribution in [0.1, 0.15) is 26.2 Å². The van der Waals surface area contributed by atoms with Crippen molar-refractivity contribution < 1.29 is 5.11 Å². The van der Waals surface area contributed by atoms with Gasteiger partial charge in [0.15, 0.2) is 0 Å². The minimum atomic E-state index is 0.260. The highest BCUT2D eigenvalue weighted by atomic mass is 16.3. The molecule has 54 valence electrons. The summed E-state index contributed by atoms with van der Waals surface area (Å²) < 4.78 is 0. The summed E-state index contributed by atoms with van der Waals surface area (Å²) in [6.45, 7) is 3.22. The third-order valence-corrected chi connectivity index (χ3v) is 2.12. The third-order valence-electron chi connectivity index (χ3n) is 2.12. The highest BCUT2D eigenvalue weighted by molar-refractivity contribution is 4.90. The minimum absolute atomic E-state index is 0.260. The maximum absolute atomic E-state index is 8.49. The number of aliphatic hydroxyl groups is 1. The first kappa shape index (κ1) is 7.03. The molecule has 0 aromatic rings. The Morgan fingerprint density at radius 2 is 2.22 bits per heavy atom. The Kier molecular flexibility index (Phi) is 2.09. The lowest BCUT2D eigenvalue weighted by molar-refractivity contribution is 0.186.